The van der Waals surface area contributed by atoms with Gasteiger partial charge < -0.3 is 9.47 Å². The minimum atomic E-state index is -1.01. The Hall–Kier alpha value is -1.06. The Morgan fingerprint density at radius 3 is 2.71 bits per heavy atom. The van der Waals surface area contributed by atoms with Crippen LogP contribution >= 0.6 is 0 Å². The number of hydrogen-bond donors (Lipinski definition) is 0. The van der Waals surface area contributed by atoms with Gasteiger partial charge in [0.05, 0.1) is 11.3 Å². The van der Waals surface area contributed by atoms with Crippen LogP contribution < -0.4 is 0 Å². The lowest BCUT2D eigenvalue weighted by atomic mass is 9.59. The molecule has 0 spiro atoms. The monoisotopic (exact) mass is 294 g/mol. The van der Waals surface area contributed by atoms with E-state index in [0.29, 0.717) is 25.2 Å². The summed E-state index contributed by atoms with van der Waals surface area (Å²) in [6.07, 6.45) is 4.93. The quantitative estimate of drug-likeness (QED) is 0.748. The molecule has 4 fully saturated rings. The average molecular weight is 294 g/mol. The van der Waals surface area contributed by atoms with E-state index in [1.165, 1.54) is 0 Å². The fourth-order valence-electron chi connectivity index (χ4n) is 4.48. The van der Waals surface area contributed by atoms with Gasteiger partial charge in [-0.25, -0.2) is 0 Å². The molecule has 4 atom stereocenters. The first-order chi connectivity index (χ1) is 9.67. The van der Waals surface area contributed by atoms with Crippen molar-refractivity contribution in [3.8, 4) is 0 Å². The summed E-state index contributed by atoms with van der Waals surface area (Å²) in [5, 5.41) is 0. The third kappa shape index (κ3) is 2.47. The zero-order valence-corrected chi connectivity index (χ0v) is 13.5. The van der Waals surface area contributed by atoms with Crippen molar-refractivity contribution in [3.05, 3.63) is 0 Å². The van der Waals surface area contributed by atoms with Crippen molar-refractivity contribution in [3.63, 3.8) is 0 Å². The maximum absolute atomic E-state index is 12.5. The Bertz CT molecular complexity index is 483. The second-order valence-electron chi connectivity index (χ2n) is 8.36. The predicted molar refractivity (Wildman–Crippen MR) is 77.2 cm³/mol. The number of rotatable bonds is 3. The molecular weight excluding hydrogens is 268 g/mol. The van der Waals surface area contributed by atoms with E-state index in [1.807, 2.05) is 20.8 Å². The fourth-order valence-corrected chi connectivity index (χ4v) is 4.48. The number of esters is 2. The standard InChI is InChI=1S/C17H26O4/c1-5-15(2,3)14(19)21-17-8-11-6-12(13(18)20-17)9-16(4,7-11)10-17/h11-12H,5-10H2,1-4H3. The van der Waals surface area contributed by atoms with Gasteiger partial charge in [-0.1, -0.05) is 13.8 Å². The van der Waals surface area contributed by atoms with E-state index in [2.05, 4.69) is 6.92 Å². The predicted octanol–water partition coefficient (Wildman–Crippen LogP) is 3.44. The van der Waals surface area contributed by atoms with Gasteiger partial charge in [0.1, 0.15) is 0 Å². The number of ether oxygens (including phenoxy) is 2. The fraction of sp³-hybridized carbons (Fsp3) is 0.882. The molecular formula is C17H26O4. The molecule has 0 amide bonds. The van der Waals surface area contributed by atoms with E-state index in [0.717, 1.165) is 19.3 Å². The molecule has 21 heavy (non-hydrogen) atoms. The molecule has 2 aliphatic heterocycles. The maximum atomic E-state index is 12.5. The summed E-state index contributed by atoms with van der Waals surface area (Å²) in [7, 11) is 0. The zero-order valence-electron chi connectivity index (χ0n) is 13.5. The summed E-state index contributed by atoms with van der Waals surface area (Å²) < 4.78 is 11.6. The van der Waals surface area contributed by atoms with E-state index in [-0.39, 0.29) is 23.3 Å². The first kappa shape index (κ1) is 14.9. The molecule has 4 nitrogen and oxygen atoms in total. The number of hydrogen-bond acceptors (Lipinski definition) is 4. The number of carbonyl (C=O) groups is 2. The van der Waals surface area contributed by atoms with Gasteiger partial charge in [0.2, 0.25) is 0 Å². The first-order valence-corrected chi connectivity index (χ1v) is 8.13. The van der Waals surface area contributed by atoms with E-state index in [9.17, 15) is 9.59 Å². The summed E-state index contributed by atoms with van der Waals surface area (Å²) in [5.74, 6) is -0.990. The third-order valence-corrected chi connectivity index (χ3v) is 5.77. The highest BCUT2D eigenvalue weighted by Crippen LogP contribution is 2.58. The molecule has 2 heterocycles. The average Bonchev–Trinajstić information content (AvgIpc) is 2.48. The van der Waals surface area contributed by atoms with Crippen molar-refractivity contribution < 1.29 is 19.1 Å². The van der Waals surface area contributed by atoms with E-state index in [1.54, 1.807) is 0 Å². The SMILES string of the molecule is CCC(C)(C)C(=O)OC12CC3CC(CC(C)(C3)C1)C(=O)O2. The third-order valence-electron chi connectivity index (χ3n) is 5.77. The van der Waals surface area contributed by atoms with Gasteiger partial charge in [-0.15, -0.1) is 0 Å². The lowest BCUT2D eigenvalue weighted by molar-refractivity contribution is -0.252. The van der Waals surface area contributed by atoms with Gasteiger partial charge >= 0.3 is 11.9 Å². The first-order valence-electron chi connectivity index (χ1n) is 8.13. The Labute approximate surface area is 126 Å². The second kappa shape index (κ2) is 4.47. The van der Waals surface area contributed by atoms with Gasteiger partial charge in [0.25, 0.3) is 5.79 Å². The minimum Gasteiger partial charge on any atom is -0.422 e. The summed E-state index contributed by atoms with van der Waals surface area (Å²) in [6, 6.07) is 0. The molecule has 0 radical (unpaired) electrons. The molecule has 4 heteroatoms. The molecule has 4 unspecified atom stereocenters. The smallest absolute Gasteiger partial charge is 0.314 e. The highest BCUT2D eigenvalue weighted by molar-refractivity contribution is 5.77. The van der Waals surface area contributed by atoms with Gasteiger partial charge in [0.15, 0.2) is 0 Å². The molecule has 118 valence electrons. The van der Waals surface area contributed by atoms with E-state index >= 15 is 0 Å². The van der Waals surface area contributed by atoms with Gasteiger partial charge in [-0.3, -0.25) is 9.59 Å². The molecule has 2 saturated carbocycles. The summed E-state index contributed by atoms with van der Waals surface area (Å²) in [6.45, 7) is 7.94. The lowest BCUT2D eigenvalue weighted by Gasteiger charge is -2.48. The van der Waals surface area contributed by atoms with Crippen LogP contribution in [0.2, 0.25) is 0 Å². The van der Waals surface area contributed by atoms with Crippen LogP contribution in [0.25, 0.3) is 0 Å². The molecule has 0 N–H and O–H groups in total. The van der Waals surface area contributed by atoms with Crippen molar-refractivity contribution in [2.45, 2.75) is 72.0 Å². The number of carbonyl (C=O) groups excluding carboxylic acids is 2. The van der Waals surface area contributed by atoms with Crippen LogP contribution in [0.3, 0.4) is 0 Å². The van der Waals surface area contributed by atoms with Crippen molar-refractivity contribution >= 4 is 11.9 Å². The van der Waals surface area contributed by atoms with Crippen LogP contribution in [-0.2, 0) is 19.1 Å². The van der Waals surface area contributed by atoms with Crippen molar-refractivity contribution in [1.29, 1.82) is 0 Å². The summed E-state index contributed by atoms with van der Waals surface area (Å²) in [5.41, 5.74) is -0.473. The van der Waals surface area contributed by atoms with Crippen LogP contribution in [-0.4, -0.2) is 17.7 Å². The van der Waals surface area contributed by atoms with Crippen molar-refractivity contribution in [2.24, 2.45) is 22.7 Å². The topological polar surface area (TPSA) is 52.6 Å². The Balaban J connectivity index is 1.89. The molecule has 0 aromatic heterocycles. The summed E-state index contributed by atoms with van der Waals surface area (Å²) >= 11 is 0. The molecule has 4 bridgehead atoms. The molecule has 2 aliphatic carbocycles. The van der Waals surface area contributed by atoms with Gasteiger partial charge in [-0.05, 0) is 50.9 Å². The molecule has 0 aromatic rings. The molecule has 4 rings (SSSR count). The highest BCUT2D eigenvalue weighted by atomic mass is 16.7. The Kier molecular flexibility index (Phi) is 3.16. The molecule has 0 aromatic carbocycles. The largest absolute Gasteiger partial charge is 0.422 e. The van der Waals surface area contributed by atoms with Gasteiger partial charge in [-0.2, -0.15) is 0 Å². The Morgan fingerprint density at radius 1 is 1.38 bits per heavy atom. The number of fused-ring (bicyclic) bond motifs is 1. The van der Waals surface area contributed by atoms with Crippen molar-refractivity contribution in [2.75, 3.05) is 0 Å². The van der Waals surface area contributed by atoms with Crippen molar-refractivity contribution in [1.82, 2.24) is 0 Å². The zero-order chi connectivity index (χ0) is 15.5. The molecule has 4 aliphatic rings. The minimum absolute atomic E-state index is 0.00369. The van der Waals surface area contributed by atoms with E-state index < -0.39 is 11.2 Å². The summed E-state index contributed by atoms with van der Waals surface area (Å²) in [4.78, 5) is 24.8. The Morgan fingerprint density at radius 2 is 2.10 bits per heavy atom. The maximum Gasteiger partial charge on any atom is 0.314 e. The normalized spacial score (nSPS) is 41.6. The van der Waals surface area contributed by atoms with Crippen LogP contribution in [0.5, 0.6) is 0 Å². The van der Waals surface area contributed by atoms with Crippen LogP contribution in [0, 0.1) is 22.7 Å². The second-order valence-corrected chi connectivity index (χ2v) is 8.36. The lowest BCUT2D eigenvalue weighted by Crippen LogP contribution is -2.49. The van der Waals surface area contributed by atoms with Crippen LogP contribution in [0.4, 0.5) is 0 Å². The van der Waals surface area contributed by atoms with Gasteiger partial charge in [0, 0.05) is 12.8 Å². The van der Waals surface area contributed by atoms with Crippen LogP contribution in [0.15, 0.2) is 0 Å². The van der Waals surface area contributed by atoms with E-state index in [4.69, 9.17) is 9.47 Å². The molecule has 2 saturated heterocycles. The van der Waals surface area contributed by atoms with Crippen LogP contribution in [0.1, 0.15) is 66.2 Å². The highest BCUT2D eigenvalue weighted by Gasteiger charge is 2.59.